The summed E-state index contributed by atoms with van der Waals surface area (Å²) in [5, 5.41) is 3.95. The molecule has 0 radical (unpaired) electrons. The minimum Gasteiger partial charge on any atom is -0.378 e. The zero-order valence-electron chi connectivity index (χ0n) is 13.7. The smallest absolute Gasteiger partial charge is 0.229 e. The van der Waals surface area contributed by atoms with E-state index in [0.29, 0.717) is 11.0 Å². The highest BCUT2D eigenvalue weighted by atomic mass is 35.5. The summed E-state index contributed by atoms with van der Waals surface area (Å²) >= 11 is 6.04. The first-order chi connectivity index (χ1) is 11.2. The van der Waals surface area contributed by atoms with Crippen molar-refractivity contribution < 1.29 is 4.74 Å². The van der Waals surface area contributed by atoms with Gasteiger partial charge < -0.3 is 15.0 Å². The number of benzene rings is 1. The van der Waals surface area contributed by atoms with Gasteiger partial charge in [-0.2, -0.15) is 4.98 Å². The number of anilines is 3. The summed E-state index contributed by atoms with van der Waals surface area (Å²) in [6, 6.07) is 9.66. The number of aromatic nitrogens is 2. The molecule has 0 aliphatic carbocycles. The Bertz CT molecular complexity index is 663. The summed E-state index contributed by atoms with van der Waals surface area (Å²) in [7, 11) is 0. The van der Waals surface area contributed by atoms with Crippen LogP contribution in [-0.4, -0.2) is 36.3 Å². The van der Waals surface area contributed by atoms with Gasteiger partial charge >= 0.3 is 0 Å². The van der Waals surface area contributed by atoms with E-state index in [1.807, 2.05) is 24.3 Å². The Hall–Kier alpha value is -1.56. The molecule has 1 saturated heterocycles. The molecule has 0 saturated carbocycles. The molecule has 2 heterocycles. The average Bonchev–Trinajstić information content (AvgIpc) is 2.56. The van der Waals surface area contributed by atoms with E-state index < -0.39 is 0 Å². The van der Waals surface area contributed by atoms with Gasteiger partial charge in [-0.05, 0) is 24.6 Å². The number of aryl methyl sites for hydroxylation is 1. The van der Waals surface area contributed by atoms with Crippen molar-refractivity contribution in [3.8, 4) is 0 Å². The Morgan fingerprint density at radius 3 is 2.71 bits per heavy atom. The maximum Gasteiger partial charge on any atom is 0.229 e. The largest absolute Gasteiger partial charge is 0.378 e. The molecule has 0 atom stereocenters. The number of hydrogen-bond donors (Lipinski definition) is 1. The van der Waals surface area contributed by atoms with Gasteiger partial charge in [-0.15, -0.1) is 12.4 Å². The van der Waals surface area contributed by atoms with Crippen LogP contribution in [0.25, 0.3) is 0 Å². The van der Waals surface area contributed by atoms with E-state index in [-0.39, 0.29) is 12.4 Å². The fraction of sp³-hybridized carbons (Fsp3) is 0.412. The number of halogens is 2. The third-order valence-corrected chi connectivity index (χ3v) is 3.92. The molecule has 3 rings (SSSR count). The third-order valence-electron chi connectivity index (χ3n) is 3.69. The quantitative estimate of drug-likeness (QED) is 0.861. The van der Waals surface area contributed by atoms with Gasteiger partial charge in [0.05, 0.1) is 13.2 Å². The van der Waals surface area contributed by atoms with E-state index in [1.165, 1.54) is 0 Å². The Morgan fingerprint density at radius 1 is 1.21 bits per heavy atom. The topological polar surface area (TPSA) is 50.3 Å². The van der Waals surface area contributed by atoms with Crippen molar-refractivity contribution in [3.05, 3.63) is 41.0 Å². The maximum absolute atomic E-state index is 6.04. The molecule has 0 amide bonds. The maximum atomic E-state index is 6.04. The first kappa shape index (κ1) is 18.8. The number of ether oxygens (including phenoxy) is 1. The molecule has 1 N–H and O–H groups in total. The highest BCUT2D eigenvalue weighted by molar-refractivity contribution is 6.30. The second-order valence-electron chi connectivity index (χ2n) is 5.53. The molecular weight excluding hydrogens is 347 g/mol. The highest BCUT2D eigenvalue weighted by Gasteiger charge is 2.15. The number of rotatable bonds is 5. The zero-order valence-corrected chi connectivity index (χ0v) is 15.2. The van der Waals surface area contributed by atoms with E-state index in [4.69, 9.17) is 16.3 Å². The Labute approximate surface area is 153 Å². The van der Waals surface area contributed by atoms with E-state index in [2.05, 4.69) is 33.2 Å². The molecule has 130 valence electrons. The van der Waals surface area contributed by atoms with E-state index in [0.717, 1.165) is 56.3 Å². The average molecular weight is 369 g/mol. The normalized spacial score (nSPS) is 14.2. The molecule has 5 nitrogen and oxygen atoms in total. The van der Waals surface area contributed by atoms with Crippen LogP contribution in [0.5, 0.6) is 0 Å². The molecule has 1 aliphatic rings. The number of nitrogens with zero attached hydrogens (tertiary/aromatic N) is 3. The Kier molecular flexibility index (Phi) is 7.09. The number of morpholine rings is 1. The second kappa shape index (κ2) is 9.06. The first-order valence-electron chi connectivity index (χ1n) is 7.98. The molecule has 1 fully saturated rings. The van der Waals surface area contributed by atoms with Crippen molar-refractivity contribution in [2.75, 3.05) is 36.5 Å². The lowest BCUT2D eigenvalue weighted by Gasteiger charge is -2.28. The van der Waals surface area contributed by atoms with Gasteiger partial charge in [-0.25, -0.2) is 4.98 Å². The number of hydrogen-bond acceptors (Lipinski definition) is 5. The van der Waals surface area contributed by atoms with Gasteiger partial charge in [0.15, 0.2) is 0 Å². The standard InChI is InChI=1S/C17H21ClN4O.ClH/c1-2-4-14-12-16(22-7-9-23-10-8-22)21-17(19-14)20-15-6-3-5-13(18)11-15;/h3,5-6,11-12H,2,4,7-10H2,1H3,(H,19,20,21);1H. The van der Waals surface area contributed by atoms with Crippen LogP contribution in [0.15, 0.2) is 30.3 Å². The molecule has 1 aromatic carbocycles. The first-order valence-corrected chi connectivity index (χ1v) is 8.35. The van der Waals surface area contributed by atoms with Crippen LogP contribution >= 0.6 is 24.0 Å². The Morgan fingerprint density at radius 2 is 2.00 bits per heavy atom. The van der Waals surface area contributed by atoms with Crippen LogP contribution in [0.1, 0.15) is 19.0 Å². The summed E-state index contributed by atoms with van der Waals surface area (Å²) in [4.78, 5) is 11.5. The number of nitrogens with one attached hydrogen (secondary N) is 1. The van der Waals surface area contributed by atoms with Crippen LogP contribution in [0.4, 0.5) is 17.5 Å². The third kappa shape index (κ3) is 4.97. The van der Waals surface area contributed by atoms with Gasteiger partial charge in [-0.1, -0.05) is 31.0 Å². The molecule has 2 aromatic rings. The molecule has 1 aromatic heterocycles. The van der Waals surface area contributed by atoms with Crippen molar-refractivity contribution in [3.63, 3.8) is 0 Å². The minimum absolute atomic E-state index is 0. The van der Waals surface area contributed by atoms with Crippen molar-refractivity contribution in [1.82, 2.24) is 9.97 Å². The summed E-state index contributed by atoms with van der Waals surface area (Å²) < 4.78 is 5.42. The van der Waals surface area contributed by atoms with Crippen LogP contribution in [0.2, 0.25) is 5.02 Å². The lowest BCUT2D eigenvalue weighted by molar-refractivity contribution is 0.122. The second-order valence-corrected chi connectivity index (χ2v) is 5.96. The molecule has 0 unspecified atom stereocenters. The van der Waals surface area contributed by atoms with Crippen LogP contribution in [-0.2, 0) is 11.2 Å². The fourth-order valence-corrected chi connectivity index (χ4v) is 2.76. The van der Waals surface area contributed by atoms with Gasteiger partial charge in [0.2, 0.25) is 5.95 Å². The monoisotopic (exact) mass is 368 g/mol. The van der Waals surface area contributed by atoms with Crippen LogP contribution in [0, 0.1) is 0 Å². The van der Waals surface area contributed by atoms with Gasteiger partial charge in [-0.3, -0.25) is 0 Å². The van der Waals surface area contributed by atoms with Gasteiger partial charge in [0.25, 0.3) is 0 Å². The molecule has 0 spiro atoms. The van der Waals surface area contributed by atoms with Crippen molar-refractivity contribution in [1.29, 1.82) is 0 Å². The molecular formula is C17H22Cl2N4O. The Balaban J connectivity index is 0.00000208. The SMILES string of the molecule is CCCc1cc(N2CCOCC2)nc(Nc2cccc(Cl)c2)n1.Cl. The summed E-state index contributed by atoms with van der Waals surface area (Å²) in [6.45, 7) is 5.35. The summed E-state index contributed by atoms with van der Waals surface area (Å²) in [5.41, 5.74) is 1.94. The minimum atomic E-state index is 0. The zero-order chi connectivity index (χ0) is 16.1. The molecule has 7 heteroatoms. The van der Waals surface area contributed by atoms with Crippen LogP contribution in [0.3, 0.4) is 0 Å². The fourth-order valence-electron chi connectivity index (χ4n) is 2.57. The predicted octanol–water partition coefficient (Wildman–Crippen LogP) is 4.08. The van der Waals surface area contributed by atoms with Crippen LogP contribution < -0.4 is 10.2 Å². The summed E-state index contributed by atoms with van der Waals surface area (Å²) in [6.07, 6.45) is 1.99. The van der Waals surface area contributed by atoms with E-state index in [9.17, 15) is 0 Å². The lowest BCUT2D eigenvalue weighted by atomic mass is 10.2. The van der Waals surface area contributed by atoms with Crippen molar-refractivity contribution >= 4 is 41.5 Å². The van der Waals surface area contributed by atoms with E-state index >= 15 is 0 Å². The molecule has 24 heavy (non-hydrogen) atoms. The lowest BCUT2D eigenvalue weighted by Crippen LogP contribution is -2.37. The van der Waals surface area contributed by atoms with Crippen molar-refractivity contribution in [2.24, 2.45) is 0 Å². The van der Waals surface area contributed by atoms with E-state index in [1.54, 1.807) is 0 Å². The van der Waals surface area contributed by atoms with Gasteiger partial charge in [0.1, 0.15) is 5.82 Å². The summed E-state index contributed by atoms with van der Waals surface area (Å²) in [5.74, 6) is 1.57. The molecule has 0 bridgehead atoms. The molecule has 1 aliphatic heterocycles. The van der Waals surface area contributed by atoms with Crippen molar-refractivity contribution in [2.45, 2.75) is 19.8 Å². The predicted molar refractivity (Wildman–Crippen MR) is 101 cm³/mol. The van der Waals surface area contributed by atoms with Gasteiger partial charge in [0, 0.05) is 35.6 Å². The highest BCUT2D eigenvalue weighted by Crippen LogP contribution is 2.22.